The van der Waals surface area contributed by atoms with Gasteiger partial charge in [-0.1, -0.05) is 142 Å². The lowest BCUT2D eigenvalue weighted by Crippen LogP contribution is -2.58. The van der Waals surface area contributed by atoms with E-state index in [1.165, 1.54) is 11.1 Å². The highest BCUT2D eigenvalue weighted by Gasteiger charge is 2.39. The molecule has 4 atom stereocenters. The lowest BCUT2D eigenvalue weighted by molar-refractivity contribution is -0.140. The van der Waals surface area contributed by atoms with Crippen LogP contribution in [0.1, 0.15) is 155 Å². The average molecular weight is 1170 g/mol. The lowest BCUT2D eigenvalue weighted by Gasteiger charge is -2.47. The third kappa shape index (κ3) is 16.9. The van der Waals surface area contributed by atoms with E-state index in [0.29, 0.717) is 48.0 Å². The molecule has 0 aliphatic carbocycles. The first kappa shape index (κ1) is 63.3. The molecule has 4 aliphatic rings. The van der Waals surface area contributed by atoms with Crippen molar-refractivity contribution in [2.75, 3.05) is 65.4 Å². The van der Waals surface area contributed by atoms with E-state index in [9.17, 15) is 27.6 Å². The van der Waals surface area contributed by atoms with E-state index < -0.39 is 14.6 Å². The monoisotopic (exact) mass is 1160 g/mol. The Labute approximate surface area is 483 Å². The van der Waals surface area contributed by atoms with Gasteiger partial charge in [0.05, 0.1) is 21.7 Å². The van der Waals surface area contributed by atoms with Crippen molar-refractivity contribution in [3.8, 4) is 0 Å². The average Bonchev–Trinajstić information content (AvgIpc) is 3.47. The van der Waals surface area contributed by atoms with Crippen molar-refractivity contribution in [3.63, 3.8) is 0 Å². The number of likely N-dealkylation sites (tertiary alicyclic amines) is 2. The number of piperazine rings is 2. The maximum Gasteiger partial charge on any atom is 0.223 e. The second-order valence-corrected chi connectivity index (χ2v) is 27.5. The summed E-state index contributed by atoms with van der Waals surface area (Å²) in [5.74, 6) is 2.30. The second-order valence-electron chi connectivity index (χ2n) is 23.9. The summed E-state index contributed by atoms with van der Waals surface area (Å²) in [5.41, 5.74) is 4.77. The number of halogens is 1. The van der Waals surface area contributed by atoms with Crippen LogP contribution >= 0.6 is 15.9 Å². The Hall–Kier alpha value is -4.89. The highest BCUT2D eigenvalue weighted by Crippen LogP contribution is 2.36. The first-order valence-electron chi connectivity index (χ1n) is 29.4. The van der Waals surface area contributed by atoms with Crippen molar-refractivity contribution in [1.29, 1.82) is 0 Å². The summed E-state index contributed by atoms with van der Waals surface area (Å²) in [7, 11) is -3.44. The van der Waals surface area contributed by atoms with Gasteiger partial charge in [0.1, 0.15) is 0 Å². The van der Waals surface area contributed by atoms with Gasteiger partial charge >= 0.3 is 0 Å². The van der Waals surface area contributed by atoms with Gasteiger partial charge in [0.25, 0.3) is 0 Å². The highest BCUT2D eigenvalue weighted by atomic mass is 79.9. The number of carbonyl (C=O) groups excluding carboxylic acids is 4. The molecule has 4 unspecified atom stereocenters. The standard InChI is InChI=1S/C34H49N3O4S.C29H38BrN3O2.C2H6/c1-25(2)22-30-24-36(20-21-37(30)32(39)23-27-16-18-35(19-17-27)26(3)38)33(28-10-8-7-9-11-28)29-12-14-31(15-13-29)42(40,41)34(4,5)6;1-21(2)27-20-32(29(24-7-5-4-6-8-24)25-9-11-26(30)12-10-25)17-18-33(27)28(35)19-23-13-15-31(16-14-23)22(3)34;1-2/h7-15,25,27,30,33H,16-24H2,1-6H3;4-12,21,23,27,29H,13-20H2,1-3H3;1-2H3. The second kappa shape index (κ2) is 29.2. The third-order valence-corrected chi connectivity index (χ3v) is 19.7. The first-order chi connectivity index (χ1) is 37.6. The minimum absolute atomic E-state index is 0.0413. The van der Waals surface area contributed by atoms with Crippen LogP contribution in [0.25, 0.3) is 0 Å². The van der Waals surface area contributed by atoms with Gasteiger partial charge in [-0.25, -0.2) is 8.42 Å². The van der Waals surface area contributed by atoms with Gasteiger partial charge in [0.15, 0.2) is 9.84 Å². The zero-order chi connectivity index (χ0) is 57.6. The SMILES string of the molecule is CC.CC(=O)N1CCC(CC(=O)N2CCN(C(c3ccccc3)c3ccc(Br)cc3)CC2C(C)C)CC1.CC(=O)N1CCC(CC(=O)N2CCN(C(c3ccccc3)c3ccc(S(=O)(=O)C(C)(C)C)cc3)CC2CC(C)C)CC1. The molecule has 0 saturated carbocycles. The quantitative estimate of drug-likeness (QED) is 0.122. The Morgan fingerprint density at radius 1 is 0.544 bits per heavy atom. The molecule has 4 amide bonds. The first-order valence-corrected chi connectivity index (χ1v) is 31.7. The summed E-state index contributed by atoms with van der Waals surface area (Å²) in [5, 5.41) is 0. The van der Waals surface area contributed by atoms with Gasteiger partial charge in [-0.2, -0.15) is 0 Å². The fourth-order valence-electron chi connectivity index (χ4n) is 12.1. The molecular weight excluding hydrogens is 1070 g/mol. The van der Waals surface area contributed by atoms with Crippen LogP contribution in [-0.4, -0.2) is 144 Å². The minimum atomic E-state index is -3.44. The van der Waals surface area contributed by atoms with Gasteiger partial charge in [-0.3, -0.25) is 29.0 Å². The predicted octanol–water partition coefficient (Wildman–Crippen LogP) is 11.9. The fraction of sp³-hybridized carbons (Fsp3) is 0.569. The number of piperidine rings is 2. The van der Waals surface area contributed by atoms with Crippen molar-refractivity contribution >= 4 is 49.4 Å². The molecule has 4 heterocycles. The molecule has 14 heteroatoms. The Morgan fingerprint density at radius 3 is 1.34 bits per heavy atom. The topological polar surface area (TPSA) is 122 Å². The van der Waals surface area contributed by atoms with E-state index in [4.69, 9.17) is 0 Å². The molecule has 0 aromatic heterocycles. The summed E-state index contributed by atoms with van der Waals surface area (Å²) in [6, 6.07) is 37.5. The van der Waals surface area contributed by atoms with Crippen molar-refractivity contribution in [3.05, 3.63) is 136 Å². The zero-order valence-electron chi connectivity index (χ0n) is 49.5. The van der Waals surface area contributed by atoms with E-state index in [1.54, 1.807) is 46.8 Å². The van der Waals surface area contributed by atoms with E-state index >= 15 is 0 Å². The molecular formula is C65H93BrN6O6S. The Morgan fingerprint density at radius 2 is 0.937 bits per heavy atom. The molecule has 4 saturated heterocycles. The Kier molecular flexibility index (Phi) is 23.4. The molecule has 0 bridgehead atoms. The van der Waals surface area contributed by atoms with Crippen LogP contribution in [0.15, 0.2) is 119 Å². The summed E-state index contributed by atoms with van der Waals surface area (Å²) < 4.78 is 26.4. The number of nitrogens with zero attached hydrogens (tertiary/aromatic N) is 6. The molecule has 0 radical (unpaired) electrons. The smallest absolute Gasteiger partial charge is 0.223 e. The van der Waals surface area contributed by atoms with E-state index in [-0.39, 0.29) is 47.8 Å². The van der Waals surface area contributed by atoms with Crippen LogP contribution in [0.4, 0.5) is 0 Å². The van der Waals surface area contributed by atoms with Crippen LogP contribution in [0, 0.1) is 23.7 Å². The number of hydrogen-bond donors (Lipinski definition) is 0. The summed E-state index contributed by atoms with van der Waals surface area (Å²) in [6.45, 7) is 29.0. The maximum atomic E-state index is 13.7. The molecule has 4 aromatic rings. The number of carbonyl (C=O) groups is 4. The van der Waals surface area contributed by atoms with Gasteiger partial charge < -0.3 is 19.6 Å². The molecule has 432 valence electrons. The van der Waals surface area contributed by atoms with E-state index in [1.807, 2.05) is 54.0 Å². The number of sulfone groups is 1. The van der Waals surface area contributed by atoms with Crippen molar-refractivity contribution in [2.45, 2.75) is 155 Å². The van der Waals surface area contributed by atoms with Crippen LogP contribution in [0.5, 0.6) is 0 Å². The minimum Gasteiger partial charge on any atom is -0.343 e. The predicted molar refractivity (Wildman–Crippen MR) is 323 cm³/mol. The van der Waals surface area contributed by atoms with Crippen molar-refractivity contribution in [1.82, 2.24) is 29.4 Å². The number of rotatable bonds is 14. The van der Waals surface area contributed by atoms with Crippen LogP contribution in [-0.2, 0) is 29.0 Å². The molecule has 0 spiro atoms. The van der Waals surface area contributed by atoms with Gasteiger partial charge in [-0.05, 0) is 123 Å². The molecule has 8 rings (SSSR count). The van der Waals surface area contributed by atoms with Crippen LogP contribution < -0.4 is 0 Å². The summed E-state index contributed by atoms with van der Waals surface area (Å²) in [6.07, 6.45) is 5.70. The molecule has 12 nitrogen and oxygen atoms in total. The van der Waals surface area contributed by atoms with Crippen LogP contribution in [0.3, 0.4) is 0 Å². The summed E-state index contributed by atoms with van der Waals surface area (Å²) >= 11 is 3.57. The largest absolute Gasteiger partial charge is 0.343 e. The van der Waals surface area contributed by atoms with E-state index in [2.05, 4.69) is 130 Å². The number of amides is 4. The number of benzene rings is 4. The Bertz CT molecular complexity index is 2670. The normalized spacial score (nSPS) is 20.0. The van der Waals surface area contributed by atoms with Gasteiger partial charge in [0, 0.05) is 109 Å². The van der Waals surface area contributed by atoms with Crippen molar-refractivity contribution < 1.29 is 27.6 Å². The van der Waals surface area contributed by atoms with Gasteiger partial charge in [-0.15, -0.1) is 0 Å². The van der Waals surface area contributed by atoms with Gasteiger partial charge in [0.2, 0.25) is 23.6 Å². The molecule has 0 N–H and O–H groups in total. The highest BCUT2D eigenvalue weighted by molar-refractivity contribution is 9.10. The van der Waals surface area contributed by atoms with E-state index in [0.717, 1.165) is 107 Å². The molecule has 4 aromatic carbocycles. The molecule has 79 heavy (non-hydrogen) atoms. The molecule has 4 aliphatic heterocycles. The lowest BCUT2D eigenvalue weighted by atomic mass is 9.90. The fourth-order valence-corrected chi connectivity index (χ4v) is 13.6. The Balaban J connectivity index is 0.000000251. The zero-order valence-corrected chi connectivity index (χ0v) is 51.9. The maximum absolute atomic E-state index is 13.7. The molecule has 4 fully saturated rings. The van der Waals surface area contributed by atoms with Crippen molar-refractivity contribution in [2.24, 2.45) is 23.7 Å². The number of hydrogen-bond acceptors (Lipinski definition) is 8. The summed E-state index contributed by atoms with van der Waals surface area (Å²) in [4.78, 5) is 63.9. The van der Waals surface area contributed by atoms with Crippen LogP contribution in [0.2, 0.25) is 0 Å². The third-order valence-electron chi connectivity index (χ3n) is 16.6.